The van der Waals surface area contributed by atoms with E-state index in [1.54, 1.807) is 7.05 Å². The van der Waals surface area contributed by atoms with E-state index in [1.807, 2.05) is 0 Å². The summed E-state index contributed by atoms with van der Waals surface area (Å²) in [6, 6.07) is 0. The van der Waals surface area contributed by atoms with Crippen LogP contribution in [-0.4, -0.2) is 38.6 Å². The monoisotopic (exact) mass is 236 g/mol. The van der Waals surface area contributed by atoms with Crippen molar-refractivity contribution < 1.29 is 8.42 Å². The number of hydrogen-bond donors (Lipinski definition) is 1. The summed E-state index contributed by atoms with van der Waals surface area (Å²) in [6.07, 6.45) is 2.34. The van der Waals surface area contributed by atoms with Crippen molar-refractivity contribution in [3.63, 3.8) is 0 Å². The van der Waals surface area contributed by atoms with Crippen LogP contribution in [0.25, 0.3) is 0 Å². The maximum absolute atomic E-state index is 11.7. The minimum absolute atomic E-state index is 0.221. The van der Waals surface area contributed by atoms with Crippen molar-refractivity contribution in [3.8, 4) is 0 Å². The molecule has 0 spiro atoms. The van der Waals surface area contributed by atoms with Gasteiger partial charge in [0.1, 0.15) is 0 Å². The van der Waals surface area contributed by atoms with E-state index in [1.165, 1.54) is 4.31 Å². The fourth-order valence-corrected chi connectivity index (χ4v) is 2.43. The molecule has 0 aromatic carbocycles. The van der Waals surface area contributed by atoms with E-state index < -0.39 is 10.0 Å². The highest BCUT2D eigenvalue weighted by Crippen LogP contribution is 2.06. The Balaban J connectivity index is 3.97. The Kier molecular flexibility index (Phi) is 7.13. The lowest BCUT2D eigenvalue weighted by molar-refractivity contribution is 0.427. The SMILES string of the molecule is CC(C)CCN(C)S(=O)(=O)CCCCN. The summed E-state index contributed by atoms with van der Waals surface area (Å²) in [5.74, 6) is 0.755. The Morgan fingerprint density at radius 3 is 2.33 bits per heavy atom. The zero-order valence-corrected chi connectivity index (χ0v) is 10.9. The van der Waals surface area contributed by atoms with Gasteiger partial charge in [-0.3, -0.25) is 0 Å². The molecule has 15 heavy (non-hydrogen) atoms. The van der Waals surface area contributed by atoms with Crippen molar-refractivity contribution in [3.05, 3.63) is 0 Å². The Labute approximate surface area is 93.9 Å². The van der Waals surface area contributed by atoms with Gasteiger partial charge in [0.05, 0.1) is 5.75 Å². The van der Waals surface area contributed by atoms with Crippen LogP contribution in [0.5, 0.6) is 0 Å². The highest BCUT2D eigenvalue weighted by molar-refractivity contribution is 7.89. The molecule has 0 aliphatic carbocycles. The zero-order valence-electron chi connectivity index (χ0n) is 10.1. The predicted molar refractivity (Wildman–Crippen MR) is 64.2 cm³/mol. The minimum atomic E-state index is -3.05. The number of sulfonamides is 1. The lowest BCUT2D eigenvalue weighted by Crippen LogP contribution is -2.31. The zero-order chi connectivity index (χ0) is 11.9. The van der Waals surface area contributed by atoms with Gasteiger partial charge in [-0.15, -0.1) is 0 Å². The molecule has 92 valence electrons. The molecule has 0 aromatic heterocycles. The van der Waals surface area contributed by atoms with Crippen molar-refractivity contribution in [2.75, 3.05) is 25.9 Å². The first kappa shape index (κ1) is 14.9. The summed E-state index contributed by atoms with van der Waals surface area (Å²) in [5.41, 5.74) is 5.32. The van der Waals surface area contributed by atoms with Gasteiger partial charge in [0.2, 0.25) is 10.0 Å². The van der Waals surface area contributed by atoms with Crippen LogP contribution in [0.2, 0.25) is 0 Å². The molecule has 0 amide bonds. The largest absolute Gasteiger partial charge is 0.330 e. The Morgan fingerprint density at radius 1 is 1.27 bits per heavy atom. The minimum Gasteiger partial charge on any atom is -0.330 e. The molecule has 0 radical (unpaired) electrons. The molecule has 5 heteroatoms. The molecular weight excluding hydrogens is 212 g/mol. The second kappa shape index (κ2) is 7.19. The van der Waals surface area contributed by atoms with Gasteiger partial charge in [0, 0.05) is 13.6 Å². The Bertz CT molecular complexity index is 250. The highest BCUT2D eigenvalue weighted by atomic mass is 32.2. The molecular formula is C10H24N2O2S. The van der Waals surface area contributed by atoms with E-state index in [0.29, 0.717) is 25.4 Å². The summed E-state index contributed by atoms with van der Waals surface area (Å²) in [5, 5.41) is 0. The fraction of sp³-hybridized carbons (Fsp3) is 1.00. The summed E-state index contributed by atoms with van der Waals surface area (Å²) < 4.78 is 24.9. The average molecular weight is 236 g/mol. The van der Waals surface area contributed by atoms with E-state index in [0.717, 1.165) is 12.8 Å². The van der Waals surface area contributed by atoms with E-state index in [9.17, 15) is 8.42 Å². The van der Waals surface area contributed by atoms with E-state index in [4.69, 9.17) is 5.73 Å². The van der Waals surface area contributed by atoms with Crippen LogP contribution in [0.15, 0.2) is 0 Å². The quantitative estimate of drug-likeness (QED) is 0.640. The van der Waals surface area contributed by atoms with Gasteiger partial charge in [-0.2, -0.15) is 0 Å². The summed E-state index contributed by atoms with van der Waals surface area (Å²) >= 11 is 0. The third kappa shape index (κ3) is 6.87. The first-order chi connectivity index (χ1) is 6.90. The first-order valence-corrected chi connectivity index (χ1v) is 7.15. The lowest BCUT2D eigenvalue weighted by Gasteiger charge is -2.17. The summed E-state index contributed by atoms with van der Waals surface area (Å²) in [6.45, 7) is 5.36. The van der Waals surface area contributed by atoms with Crippen LogP contribution in [0.3, 0.4) is 0 Å². The number of hydrogen-bond acceptors (Lipinski definition) is 3. The molecule has 0 bridgehead atoms. The molecule has 2 N–H and O–H groups in total. The van der Waals surface area contributed by atoms with Crippen molar-refractivity contribution in [1.82, 2.24) is 4.31 Å². The number of nitrogens with two attached hydrogens (primary N) is 1. The standard InChI is InChI=1S/C10H24N2O2S/c1-10(2)6-8-12(3)15(13,14)9-5-4-7-11/h10H,4-9,11H2,1-3H3. The van der Waals surface area contributed by atoms with Gasteiger partial charge in [-0.25, -0.2) is 12.7 Å². The summed E-state index contributed by atoms with van der Waals surface area (Å²) in [7, 11) is -1.40. The number of nitrogens with zero attached hydrogens (tertiary/aromatic N) is 1. The molecule has 0 saturated carbocycles. The second-order valence-electron chi connectivity index (χ2n) is 4.32. The smallest absolute Gasteiger partial charge is 0.213 e. The first-order valence-electron chi connectivity index (χ1n) is 5.54. The molecule has 4 nitrogen and oxygen atoms in total. The molecule has 0 rings (SSSR count). The third-order valence-electron chi connectivity index (χ3n) is 2.35. The molecule has 0 atom stereocenters. The molecule has 0 aliphatic heterocycles. The molecule has 0 saturated heterocycles. The van der Waals surface area contributed by atoms with Crippen molar-refractivity contribution in [2.24, 2.45) is 11.7 Å². The van der Waals surface area contributed by atoms with Crippen LogP contribution >= 0.6 is 0 Å². The van der Waals surface area contributed by atoms with Crippen LogP contribution in [0, 0.1) is 5.92 Å². The maximum atomic E-state index is 11.7. The Morgan fingerprint density at radius 2 is 1.87 bits per heavy atom. The molecule has 0 unspecified atom stereocenters. The van der Waals surface area contributed by atoms with Crippen LogP contribution in [0.4, 0.5) is 0 Å². The van der Waals surface area contributed by atoms with Gasteiger partial charge in [-0.05, 0) is 31.7 Å². The van der Waals surface area contributed by atoms with Crippen molar-refractivity contribution in [1.29, 1.82) is 0 Å². The van der Waals surface area contributed by atoms with Crippen molar-refractivity contribution >= 4 is 10.0 Å². The van der Waals surface area contributed by atoms with Crippen molar-refractivity contribution in [2.45, 2.75) is 33.1 Å². The molecule has 0 aromatic rings. The number of unbranched alkanes of at least 4 members (excludes halogenated alkanes) is 1. The van der Waals surface area contributed by atoms with Gasteiger partial charge >= 0.3 is 0 Å². The molecule has 0 aliphatic rings. The van der Waals surface area contributed by atoms with Crippen LogP contribution in [-0.2, 0) is 10.0 Å². The van der Waals surface area contributed by atoms with E-state index >= 15 is 0 Å². The molecule has 0 fully saturated rings. The fourth-order valence-electron chi connectivity index (χ4n) is 1.16. The average Bonchev–Trinajstić information content (AvgIpc) is 2.14. The van der Waals surface area contributed by atoms with Crippen LogP contribution in [0.1, 0.15) is 33.1 Å². The van der Waals surface area contributed by atoms with Gasteiger partial charge in [0.25, 0.3) is 0 Å². The Hall–Kier alpha value is -0.130. The maximum Gasteiger partial charge on any atom is 0.213 e. The third-order valence-corrected chi connectivity index (χ3v) is 4.29. The molecule has 0 heterocycles. The summed E-state index contributed by atoms with van der Waals surface area (Å²) in [4.78, 5) is 0. The normalized spacial score (nSPS) is 12.7. The lowest BCUT2D eigenvalue weighted by atomic mass is 10.1. The second-order valence-corrected chi connectivity index (χ2v) is 6.51. The van der Waals surface area contributed by atoms with Gasteiger partial charge < -0.3 is 5.73 Å². The van der Waals surface area contributed by atoms with Gasteiger partial charge in [0.15, 0.2) is 0 Å². The number of rotatable bonds is 8. The van der Waals surface area contributed by atoms with E-state index in [-0.39, 0.29) is 5.75 Å². The topological polar surface area (TPSA) is 63.4 Å². The van der Waals surface area contributed by atoms with Gasteiger partial charge in [-0.1, -0.05) is 13.8 Å². The predicted octanol–water partition coefficient (Wildman–Crippen LogP) is 1.03. The van der Waals surface area contributed by atoms with E-state index in [2.05, 4.69) is 13.8 Å². The highest BCUT2D eigenvalue weighted by Gasteiger charge is 2.16. The van der Waals surface area contributed by atoms with Crippen LogP contribution < -0.4 is 5.73 Å².